The maximum absolute atomic E-state index is 14.2. The second-order valence-electron chi connectivity index (χ2n) is 6.36. The quantitative estimate of drug-likeness (QED) is 0.343. The van der Waals surface area contributed by atoms with E-state index in [1.807, 2.05) is 5.38 Å². The summed E-state index contributed by atoms with van der Waals surface area (Å²) in [6, 6.07) is 12.6. The van der Waals surface area contributed by atoms with E-state index in [9.17, 15) is 18.7 Å². The number of aromatic carboxylic acids is 1. The Morgan fingerprint density at radius 2 is 1.67 bits per heavy atom. The summed E-state index contributed by atoms with van der Waals surface area (Å²) in [6.45, 7) is 0. The molecule has 3 aromatic carbocycles. The topological polar surface area (TPSA) is 50.2 Å². The summed E-state index contributed by atoms with van der Waals surface area (Å²) in [5, 5.41) is 12.9. The van der Waals surface area contributed by atoms with Crippen LogP contribution in [-0.2, 0) is 0 Å². The van der Waals surface area contributed by atoms with Crippen molar-refractivity contribution in [2.24, 2.45) is 0 Å². The molecule has 150 valence electrons. The second kappa shape index (κ2) is 8.14. The third-order valence-electron chi connectivity index (χ3n) is 4.44. The van der Waals surface area contributed by atoms with Crippen molar-refractivity contribution < 1.29 is 18.7 Å². The molecule has 0 amide bonds. The molecule has 0 aliphatic carbocycles. The molecular formula is C22H11Cl2F2NO2S. The lowest BCUT2D eigenvalue weighted by atomic mass is 9.97. The predicted molar refractivity (Wildman–Crippen MR) is 115 cm³/mol. The van der Waals surface area contributed by atoms with E-state index >= 15 is 0 Å². The molecule has 1 aromatic heterocycles. The Balaban J connectivity index is 1.77. The van der Waals surface area contributed by atoms with Gasteiger partial charge in [0.25, 0.3) is 0 Å². The van der Waals surface area contributed by atoms with E-state index in [2.05, 4.69) is 4.98 Å². The van der Waals surface area contributed by atoms with Gasteiger partial charge >= 0.3 is 5.97 Å². The SMILES string of the molecule is O=C(O)c1cc(-c2nc(-c3ccc(Cl)c(Cl)c3)cs2)ccc1-c1cc(F)ccc1F. The van der Waals surface area contributed by atoms with Crippen LogP contribution in [0.4, 0.5) is 8.78 Å². The summed E-state index contributed by atoms with van der Waals surface area (Å²) in [6.07, 6.45) is 0. The highest BCUT2D eigenvalue weighted by Gasteiger charge is 2.18. The van der Waals surface area contributed by atoms with Gasteiger partial charge in [0.2, 0.25) is 0 Å². The fraction of sp³-hybridized carbons (Fsp3) is 0. The van der Waals surface area contributed by atoms with Crippen molar-refractivity contribution in [3.8, 4) is 33.0 Å². The zero-order valence-corrected chi connectivity index (χ0v) is 17.3. The lowest BCUT2D eigenvalue weighted by molar-refractivity contribution is 0.0697. The number of carboxylic acids is 1. The van der Waals surface area contributed by atoms with Crippen molar-refractivity contribution in [3.63, 3.8) is 0 Å². The number of rotatable bonds is 4. The van der Waals surface area contributed by atoms with Crippen LogP contribution in [0.3, 0.4) is 0 Å². The Morgan fingerprint density at radius 1 is 0.900 bits per heavy atom. The molecule has 0 aliphatic rings. The van der Waals surface area contributed by atoms with Gasteiger partial charge in [-0.05, 0) is 42.0 Å². The van der Waals surface area contributed by atoms with Gasteiger partial charge in [0.05, 0.1) is 21.3 Å². The van der Waals surface area contributed by atoms with E-state index in [1.165, 1.54) is 23.5 Å². The lowest BCUT2D eigenvalue weighted by Gasteiger charge is -2.09. The van der Waals surface area contributed by atoms with E-state index < -0.39 is 17.6 Å². The van der Waals surface area contributed by atoms with Crippen molar-refractivity contribution in [2.45, 2.75) is 0 Å². The zero-order chi connectivity index (χ0) is 21.4. The standard InChI is InChI=1S/C22H11Cl2F2NO2S/c23-17-5-2-11(8-18(17)24)20-10-30-21(27-20)12-1-4-14(16(7-12)22(28)29)15-9-13(25)3-6-19(15)26/h1-10H,(H,28,29). The Bertz CT molecular complexity index is 1290. The summed E-state index contributed by atoms with van der Waals surface area (Å²) >= 11 is 13.3. The molecule has 0 atom stereocenters. The van der Waals surface area contributed by atoms with Gasteiger partial charge in [-0.2, -0.15) is 0 Å². The first-order valence-corrected chi connectivity index (χ1v) is 10.2. The van der Waals surface area contributed by atoms with E-state index in [0.29, 0.717) is 26.3 Å². The molecule has 4 aromatic rings. The number of carboxylic acid groups (broad SMARTS) is 1. The summed E-state index contributed by atoms with van der Waals surface area (Å²) < 4.78 is 27.8. The normalized spacial score (nSPS) is 10.9. The minimum atomic E-state index is -1.25. The van der Waals surface area contributed by atoms with Crippen LogP contribution in [0.25, 0.3) is 33.0 Å². The van der Waals surface area contributed by atoms with Crippen LogP contribution in [-0.4, -0.2) is 16.1 Å². The molecule has 30 heavy (non-hydrogen) atoms. The number of halogens is 4. The Hall–Kier alpha value is -2.80. The molecule has 0 fully saturated rings. The van der Waals surface area contributed by atoms with Crippen molar-refractivity contribution in [3.05, 3.63) is 87.2 Å². The van der Waals surface area contributed by atoms with Gasteiger partial charge in [-0.15, -0.1) is 11.3 Å². The van der Waals surface area contributed by atoms with E-state index in [-0.39, 0.29) is 16.7 Å². The lowest BCUT2D eigenvalue weighted by Crippen LogP contribution is -2.01. The van der Waals surface area contributed by atoms with Crippen molar-refractivity contribution in [1.82, 2.24) is 4.98 Å². The summed E-state index contributed by atoms with van der Waals surface area (Å²) in [7, 11) is 0. The van der Waals surface area contributed by atoms with E-state index in [0.717, 1.165) is 23.8 Å². The zero-order valence-electron chi connectivity index (χ0n) is 15.0. The highest BCUT2D eigenvalue weighted by atomic mass is 35.5. The number of carbonyl (C=O) groups is 1. The summed E-state index contributed by atoms with van der Waals surface area (Å²) in [4.78, 5) is 16.4. The number of thiazole rings is 1. The van der Waals surface area contributed by atoms with Gasteiger partial charge in [-0.25, -0.2) is 18.6 Å². The smallest absolute Gasteiger partial charge is 0.336 e. The molecule has 4 rings (SSSR count). The highest BCUT2D eigenvalue weighted by Crippen LogP contribution is 2.35. The molecular weight excluding hydrogens is 451 g/mol. The number of aromatic nitrogens is 1. The molecule has 0 spiro atoms. The van der Waals surface area contributed by atoms with Gasteiger partial charge in [0.1, 0.15) is 16.6 Å². The fourth-order valence-corrected chi connectivity index (χ4v) is 4.11. The summed E-state index contributed by atoms with van der Waals surface area (Å²) in [5.41, 5.74) is 1.79. The number of hydrogen-bond donors (Lipinski definition) is 1. The first-order valence-electron chi connectivity index (χ1n) is 8.57. The van der Waals surface area contributed by atoms with Gasteiger partial charge in [0, 0.05) is 22.1 Å². The van der Waals surface area contributed by atoms with Crippen molar-refractivity contribution >= 4 is 40.5 Å². The van der Waals surface area contributed by atoms with Crippen LogP contribution < -0.4 is 0 Å². The van der Waals surface area contributed by atoms with Gasteiger partial charge < -0.3 is 5.11 Å². The highest BCUT2D eigenvalue weighted by molar-refractivity contribution is 7.13. The second-order valence-corrected chi connectivity index (χ2v) is 8.03. The number of hydrogen-bond acceptors (Lipinski definition) is 3. The maximum Gasteiger partial charge on any atom is 0.336 e. The fourth-order valence-electron chi connectivity index (χ4n) is 2.99. The van der Waals surface area contributed by atoms with Crippen LogP contribution in [0.2, 0.25) is 10.0 Å². The molecule has 0 radical (unpaired) electrons. The van der Waals surface area contributed by atoms with E-state index in [1.54, 1.807) is 24.3 Å². The molecule has 1 N–H and O–H groups in total. The monoisotopic (exact) mass is 461 g/mol. The van der Waals surface area contributed by atoms with Crippen LogP contribution in [0, 0.1) is 11.6 Å². The van der Waals surface area contributed by atoms with Crippen LogP contribution in [0.5, 0.6) is 0 Å². The van der Waals surface area contributed by atoms with Crippen LogP contribution >= 0.6 is 34.5 Å². The maximum atomic E-state index is 14.2. The average Bonchev–Trinajstić information content (AvgIpc) is 3.21. The summed E-state index contributed by atoms with van der Waals surface area (Å²) in [5.74, 6) is -2.61. The van der Waals surface area contributed by atoms with Gasteiger partial charge in [-0.3, -0.25) is 0 Å². The molecule has 0 saturated carbocycles. The molecule has 0 bridgehead atoms. The minimum absolute atomic E-state index is 0.0875. The first kappa shape index (κ1) is 20.5. The van der Waals surface area contributed by atoms with Gasteiger partial charge in [-0.1, -0.05) is 41.4 Å². The largest absolute Gasteiger partial charge is 0.478 e. The third kappa shape index (κ3) is 3.94. The Labute approximate surface area is 184 Å². The minimum Gasteiger partial charge on any atom is -0.478 e. The number of benzene rings is 3. The third-order valence-corrected chi connectivity index (χ3v) is 6.07. The molecule has 3 nitrogen and oxygen atoms in total. The molecule has 0 aliphatic heterocycles. The van der Waals surface area contributed by atoms with Crippen LogP contribution in [0.15, 0.2) is 60.0 Å². The van der Waals surface area contributed by atoms with Crippen LogP contribution in [0.1, 0.15) is 10.4 Å². The predicted octanol–water partition coefficient (Wildman–Crippen LogP) is 7.43. The first-order chi connectivity index (χ1) is 14.3. The molecule has 1 heterocycles. The Morgan fingerprint density at radius 3 is 2.40 bits per heavy atom. The average molecular weight is 462 g/mol. The van der Waals surface area contributed by atoms with Crippen molar-refractivity contribution in [2.75, 3.05) is 0 Å². The van der Waals surface area contributed by atoms with Gasteiger partial charge in [0.15, 0.2) is 0 Å². The van der Waals surface area contributed by atoms with Crippen molar-refractivity contribution in [1.29, 1.82) is 0 Å². The number of nitrogens with zero attached hydrogens (tertiary/aromatic N) is 1. The van der Waals surface area contributed by atoms with E-state index in [4.69, 9.17) is 23.2 Å². The molecule has 8 heteroatoms. The molecule has 0 unspecified atom stereocenters. The molecule has 0 saturated heterocycles. The Kier molecular flexibility index (Phi) is 5.56.